The number of carbonyl (C=O) groups is 1. The van der Waals surface area contributed by atoms with E-state index in [1.807, 2.05) is 30.3 Å². The lowest BCUT2D eigenvalue weighted by Gasteiger charge is -2.42. The fourth-order valence-corrected chi connectivity index (χ4v) is 6.33. The quantitative estimate of drug-likeness (QED) is 0.610. The maximum atomic E-state index is 13.7. The van der Waals surface area contributed by atoms with Gasteiger partial charge in [0.15, 0.2) is 0 Å². The molecule has 4 rings (SSSR count). The van der Waals surface area contributed by atoms with Crippen molar-refractivity contribution in [2.45, 2.75) is 49.9 Å². The second kappa shape index (κ2) is 9.40. The molecule has 2 aliphatic rings. The van der Waals surface area contributed by atoms with Gasteiger partial charge >= 0.3 is 5.97 Å². The zero-order chi connectivity index (χ0) is 21.8. The van der Waals surface area contributed by atoms with E-state index in [2.05, 4.69) is 4.90 Å². The summed E-state index contributed by atoms with van der Waals surface area (Å²) >= 11 is 0. The number of piperidine rings is 1. The van der Waals surface area contributed by atoms with Crippen LogP contribution in [0.3, 0.4) is 0 Å². The van der Waals surface area contributed by atoms with Crippen LogP contribution in [0.2, 0.25) is 0 Å². The fourth-order valence-electron chi connectivity index (χ4n) is 4.42. The Hall–Kier alpha value is -2.38. The van der Waals surface area contributed by atoms with Crippen LogP contribution in [0, 0.1) is 0 Å². The Morgan fingerprint density at radius 2 is 1.65 bits per heavy atom. The first kappa shape index (κ1) is 21.8. The second-order valence-corrected chi connectivity index (χ2v) is 10.5. The van der Waals surface area contributed by atoms with Gasteiger partial charge in [0.2, 0.25) is 10.0 Å². The third-order valence-corrected chi connectivity index (χ3v) is 8.81. The zero-order valence-corrected chi connectivity index (χ0v) is 18.8. The van der Waals surface area contributed by atoms with Gasteiger partial charge in [-0.25, -0.2) is 13.2 Å². The highest BCUT2D eigenvalue weighted by Gasteiger charge is 2.37. The molecule has 2 fully saturated rings. The van der Waals surface area contributed by atoms with Crippen LogP contribution in [-0.4, -0.2) is 50.8 Å². The molecule has 0 amide bonds. The maximum absolute atomic E-state index is 13.7. The number of likely N-dealkylation sites (tertiary alicyclic amines) is 1. The van der Waals surface area contributed by atoms with Crippen LogP contribution in [0.1, 0.15) is 48.0 Å². The van der Waals surface area contributed by atoms with Gasteiger partial charge < -0.3 is 9.64 Å². The molecule has 1 saturated heterocycles. The SMILES string of the molecule is COC(=O)c1ccc(CN(c2ccccc2)S(=O)(=O)C2CCN(C3CCC3)CC2)cc1. The molecule has 0 N–H and O–H groups in total. The van der Waals surface area contributed by atoms with Crippen molar-refractivity contribution in [3.05, 3.63) is 65.7 Å². The van der Waals surface area contributed by atoms with Gasteiger partial charge in [0.25, 0.3) is 0 Å². The summed E-state index contributed by atoms with van der Waals surface area (Å²) < 4.78 is 33.7. The van der Waals surface area contributed by atoms with E-state index < -0.39 is 16.0 Å². The minimum absolute atomic E-state index is 0.233. The van der Waals surface area contributed by atoms with Gasteiger partial charge in [0.1, 0.15) is 0 Å². The number of benzene rings is 2. The van der Waals surface area contributed by atoms with Crippen LogP contribution in [0.4, 0.5) is 5.69 Å². The summed E-state index contributed by atoms with van der Waals surface area (Å²) in [7, 11) is -2.19. The van der Waals surface area contributed by atoms with Crippen molar-refractivity contribution in [1.82, 2.24) is 4.90 Å². The van der Waals surface area contributed by atoms with Crippen molar-refractivity contribution < 1.29 is 17.9 Å². The van der Waals surface area contributed by atoms with Gasteiger partial charge in [-0.15, -0.1) is 0 Å². The van der Waals surface area contributed by atoms with Crippen molar-refractivity contribution in [3.8, 4) is 0 Å². The first-order valence-electron chi connectivity index (χ1n) is 11.0. The van der Waals surface area contributed by atoms with E-state index in [1.54, 1.807) is 24.3 Å². The Balaban J connectivity index is 1.54. The summed E-state index contributed by atoms with van der Waals surface area (Å²) in [6.07, 6.45) is 5.12. The zero-order valence-electron chi connectivity index (χ0n) is 17.9. The van der Waals surface area contributed by atoms with Crippen molar-refractivity contribution >= 4 is 21.7 Å². The average molecular weight is 443 g/mol. The Bertz CT molecular complexity index is 980. The number of methoxy groups -OCH3 is 1. The van der Waals surface area contributed by atoms with Gasteiger partial charge in [0, 0.05) is 6.04 Å². The molecule has 0 spiro atoms. The fraction of sp³-hybridized carbons (Fsp3) is 0.458. The predicted octanol–water partition coefficient (Wildman–Crippen LogP) is 3.83. The van der Waals surface area contributed by atoms with Gasteiger partial charge in [-0.3, -0.25) is 4.31 Å². The molecular formula is C24H30N2O4S. The standard InChI is InChI=1S/C24H30N2O4S/c1-30-24(27)20-12-10-19(11-13-20)18-26(22-6-3-2-4-7-22)31(28,29)23-14-16-25(17-15-23)21-8-5-9-21/h2-4,6-7,10-13,21,23H,5,8-9,14-18H2,1H3. The summed E-state index contributed by atoms with van der Waals surface area (Å²) in [5.41, 5.74) is 1.94. The van der Waals surface area contributed by atoms with E-state index in [1.165, 1.54) is 30.7 Å². The molecule has 0 aromatic heterocycles. The van der Waals surface area contributed by atoms with Crippen molar-refractivity contribution in [3.63, 3.8) is 0 Å². The van der Waals surface area contributed by atoms with E-state index in [0.29, 0.717) is 30.1 Å². The van der Waals surface area contributed by atoms with Crippen LogP contribution in [0.15, 0.2) is 54.6 Å². The highest BCUT2D eigenvalue weighted by molar-refractivity contribution is 7.93. The average Bonchev–Trinajstić information content (AvgIpc) is 2.77. The Kier molecular flexibility index (Phi) is 6.62. The summed E-state index contributed by atoms with van der Waals surface area (Å²) in [5, 5.41) is -0.377. The van der Waals surface area contributed by atoms with Gasteiger partial charge in [-0.1, -0.05) is 36.8 Å². The van der Waals surface area contributed by atoms with Crippen LogP contribution in [0.25, 0.3) is 0 Å². The number of esters is 1. The number of nitrogens with zero attached hydrogens (tertiary/aromatic N) is 2. The van der Waals surface area contributed by atoms with E-state index in [9.17, 15) is 13.2 Å². The summed E-state index contributed by atoms with van der Waals surface area (Å²) in [4.78, 5) is 14.2. The second-order valence-electron chi connectivity index (χ2n) is 8.40. The molecule has 2 aromatic rings. The monoisotopic (exact) mass is 442 g/mol. The summed E-state index contributed by atoms with van der Waals surface area (Å²) in [6.45, 7) is 1.94. The lowest BCUT2D eigenvalue weighted by Crippen LogP contribution is -2.49. The number of anilines is 1. The molecule has 2 aromatic carbocycles. The predicted molar refractivity (Wildman–Crippen MR) is 122 cm³/mol. The molecule has 166 valence electrons. The van der Waals surface area contributed by atoms with Crippen LogP contribution in [-0.2, 0) is 21.3 Å². The molecule has 1 aliphatic heterocycles. The van der Waals surface area contributed by atoms with Gasteiger partial charge in [-0.2, -0.15) is 0 Å². The number of hydrogen-bond donors (Lipinski definition) is 0. The van der Waals surface area contributed by atoms with Gasteiger partial charge in [-0.05, 0) is 68.6 Å². The first-order chi connectivity index (χ1) is 15.0. The highest BCUT2D eigenvalue weighted by Crippen LogP contribution is 2.32. The third-order valence-electron chi connectivity index (χ3n) is 6.54. The number of rotatable bonds is 7. The minimum atomic E-state index is -3.53. The molecule has 0 unspecified atom stereocenters. The van der Waals surface area contributed by atoms with E-state index >= 15 is 0 Å². The molecule has 1 aliphatic carbocycles. The molecule has 31 heavy (non-hydrogen) atoms. The van der Waals surface area contributed by atoms with Crippen molar-refractivity contribution in [2.75, 3.05) is 24.5 Å². The largest absolute Gasteiger partial charge is 0.465 e. The number of sulfonamides is 1. The normalized spacial score (nSPS) is 18.4. The molecule has 7 heteroatoms. The molecular weight excluding hydrogens is 412 g/mol. The highest BCUT2D eigenvalue weighted by atomic mass is 32.2. The van der Waals surface area contributed by atoms with Crippen molar-refractivity contribution in [2.24, 2.45) is 0 Å². The lowest BCUT2D eigenvalue weighted by molar-refractivity contribution is 0.0600. The molecule has 0 atom stereocenters. The summed E-state index contributed by atoms with van der Waals surface area (Å²) in [5.74, 6) is -0.405. The van der Waals surface area contributed by atoms with Gasteiger partial charge in [0.05, 0.1) is 30.2 Å². The molecule has 1 heterocycles. The number of para-hydroxylation sites is 1. The minimum Gasteiger partial charge on any atom is -0.465 e. The lowest BCUT2D eigenvalue weighted by atomic mass is 9.90. The van der Waals surface area contributed by atoms with E-state index in [0.717, 1.165) is 18.7 Å². The van der Waals surface area contributed by atoms with Crippen LogP contribution >= 0.6 is 0 Å². The Morgan fingerprint density at radius 3 is 2.19 bits per heavy atom. The van der Waals surface area contributed by atoms with E-state index in [4.69, 9.17) is 4.74 Å². The first-order valence-corrected chi connectivity index (χ1v) is 12.5. The molecule has 1 saturated carbocycles. The molecule has 0 bridgehead atoms. The maximum Gasteiger partial charge on any atom is 0.337 e. The molecule has 0 radical (unpaired) electrons. The third kappa shape index (κ3) is 4.77. The topological polar surface area (TPSA) is 66.9 Å². The summed E-state index contributed by atoms with van der Waals surface area (Å²) in [6, 6.07) is 16.9. The van der Waals surface area contributed by atoms with Crippen LogP contribution in [0.5, 0.6) is 0 Å². The number of ether oxygens (including phenoxy) is 1. The Labute approximate surface area is 184 Å². The van der Waals surface area contributed by atoms with E-state index in [-0.39, 0.29) is 11.8 Å². The number of carbonyl (C=O) groups excluding carboxylic acids is 1. The smallest absolute Gasteiger partial charge is 0.337 e. The molecule has 6 nitrogen and oxygen atoms in total. The van der Waals surface area contributed by atoms with Crippen LogP contribution < -0.4 is 4.31 Å². The number of hydrogen-bond acceptors (Lipinski definition) is 5. The van der Waals surface area contributed by atoms with Crippen molar-refractivity contribution in [1.29, 1.82) is 0 Å². The Morgan fingerprint density at radius 1 is 1.00 bits per heavy atom.